The number of carboxylic acid groups (broad SMARTS) is 1. The summed E-state index contributed by atoms with van der Waals surface area (Å²) in [5, 5.41) is 16.8. The van der Waals surface area contributed by atoms with E-state index in [1.807, 2.05) is 0 Å². The molecule has 1 atom stereocenters. The van der Waals surface area contributed by atoms with E-state index in [9.17, 15) is 19.5 Å². The zero-order chi connectivity index (χ0) is 24.0. The Morgan fingerprint density at radius 1 is 1.21 bits per heavy atom. The smallest absolute Gasteiger partial charge is 0.312 e. The highest BCUT2D eigenvalue weighted by molar-refractivity contribution is 6.35. The molecule has 10 nitrogen and oxygen atoms in total. The summed E-state index contributed by atoms with van der Waals surface area (Å²) in [7, 11) is 0. The molecular weight excluding hydrogens is 426 g/mol. The summed E-state index contributed by atoms with van der Waals surface area (Å²) in [6, 6.07) is 9.48. The van der Waals surface area contributed by atoms with Crippen LogP contribution in [0.5, 0.6) is 5.75 Å². The Labute approximate surface area is 191 Å². The summed E-state index contributed by atoms with van der Waals surface area (Å²) in [4.78, 5) is 44.0. The summed E-state index contributed by atoms with van der Waals surface area (Å²) in [6.45, 7) is 3.00. The highest BCUT2D eigenvalue weighted by Gasteiger charge is 2.38. The molecule has 3 rings (SSSR count). The van der Waals surface area contributed by atoms with E-state index >= 15 is 0 Å². The molecule has 10 heteroatoms. The van der Waals surface area contributed by atoms with Crippen molar-refractivity contribution in [1.82, 2.24) is 14.8 Å². The lowest BCUT2D eigenvalue weighted by Crippen LogP contribution is -2.55. The van der Waals surface area contributed by atoms with Crippen molar-refractivity contribution in [2.75, 3.05) is 26.2 Å². The van der Waals surface area contributed by atoms with Crippen molar-refractivity contribution in [1.29, 1.82) is 5.41 Å². The van der Waals surface area contributed by atoms with E-state index in [1.165, 1.54) is 9.80 Å². The summed E-state index contributed by atoms with van der Waals surface area (Å²) >= 11 is 0. The third kappa shape index (κ3) is 5.85. The van der Waals surface area contributed by atoms with Crippen LogP contribution in [0.2, 0.25) is 0 Å². The number of ether oxygens (including phenoxy) is 1. The molecule has 174 valence electrons. The molecule has 0 radical (unpaired) electrons. The van der Waals surface area contributed by atoms with Crippen LogP contribution in [0.3, 0.4) is 0 Å². The fraction of sp³-hybridized carbons (Fsp3) is 0.348. The van der Waals surface area contributed by atoms with E-state index < -0.39 is 23.8 Å². The topological polar surface area (TPSA) is 150 Å². The number of aliphatic carboxylic acids is 1. The number of hydrogen-bond donors (Lipinski definition) is 3. The van der Waals surface area contributed by atoms with Gasteiger partial charge in [0.05, 0.1) is 19.1 Å². The molecule has 2 amide bonds. The highest BCUT2D eigenvalue weighted by Crippen LogP contribution is 2.28. The molecule has 1 aromatic carbocycles. The maximum atomic E-state index is 12.8. The minimum absolute atomic E-state index is 0.0202. The first-order chi connectivity index (χ1) is 15.8. The predicted octanol–water partition coefficient (Wildman–Crippen LogP) is 1.33. The summed E-state index contributed by atoms with van der Waals surface area (Å²) in [5.41, 5.74) is 7.28. The molecule has 33 heavy (non-hydrogen) atoms. The third-order valence-electron chi connectivity index (χ3n) is 5.50. The van der Waals surface area contributed by atoms with E-state index in [2.05, 4.69) is 4.98 Å². The van der Waals surface area contributed by atoms with Gasteiger partial charge in [-0.05, 0) is 49.2 Å². The quantitative estimate of drug-likeness (QED) is 0.212. The van der Waals surface area contributed by atoms with Crippen LogP contribution < -0.4 is 10.5 Å². The first-order valence-electron chi connectivity index (χ1n) is 10.6. The Balaban J connectivity index is 1.57. The standard InChI is InChI=1S/C23H27N5O5/c1-15-18(4-2-9-26-15)19(14-20(29)30)28-12-11-27(22(31)23(28)32)10-3-13-33-17-7-5-16(6-8-17)21(24)25/h2,4-9,19H,3,10-14H2,1H3,(H3,24,25)(H,29,30). The summed E-state index contributed by atoms with van der Waals surface area (Å²) < 4.78 is 5.65. The van der Waals surface area contributed by atoms with E-state index in [0.29, 0.717) is 48.7 Å². The minimum Gasteiger partial charge on any atom is -0.494 e. The van der Waals surface area contributed by atoms with Crippen molar-refractivity contribution in [2.45, 2.75) is 25.8 Å². The van der Waals surface area contributed by atoms with Crippen LogP contribution in [0.4, 0.5) is 0 Å². The normalized spacial score (nSPS) is 14.8. The monoisotopic (exact) mass is 453 g/mol. The van der Waals surface area contributed by atoms with Gasteiger partial charge in [0.25, 0.3) is 0 Å². The second-order valence-corrected chi connectivity index (χ2v) is 7.72. The number of nitrogens with two attached hydrogens (primary N) is 1. The largest absolute Gasteiger partial charge is 0.494 e. The highest BCUT2D eigenvalue weighted by atomic mass is 16.5. The second-order valence-electron chi connectivity index (χ2n) is 7.72. The Morgan fingerprint density at radius 3 is 2.58 bits per heavy atom. The fourth-order valence-electron chi connectivity index (χ4n) is 3.78. The number of aryl methyl sites for hydroxylation is 1. The Kier molecular flexibility index (Phi) is 7.60. The Morgan fingerprint density at radius 2 is 1.94 bits per heavy atom. The number of benzene rings is 1. The van der Waals surface area contributed by atoms with Crippen LogP contribution >= 0.6 is 0 Å². The van der Waals surface area contributed by atoms with E-state index in [4.69, 9.17) is 15.9 Å². The van der Waals surface area contributed by atoms with Crippen molar-refractivity contribution < 1.29 is 24.2 Å². The average molecular weight is 453 g/mol. The van der Waals surface area contributed by atoms with Crippen LogP contribution in [0, 0.1) is 12.3 Å². The van der Waals surface area contributed by atoms with Gasteiger partial charge in [0.15, 0.2) is 0 Å². The third-order valence-corrected chi connectivity index (χ3v) is 5.50. The number of rotatable bonds is 10. The molecule has 1 saturated heterocycles. The molecule has 1 fully saturated rings. The molecule has 2 aromatic rings. The number of aromatic nitrogens is 1. The maximum Gasteiger partial charge on any atom is 0.312 e. The van der Waals surface area contributed by atoms with Crippen molar-refractivity contribution in [3.05, 3.63) is 59.4 Å². The van der Waals surface area contributed by atoms with Crippen molar-refractivity contribution in [3.63, 3.8) is 0 Å². The SMILES string of the molecule is Cc1ncccc1C(CC(=O)O)N1CCN(CCCOc2ccc(C(=N)N)cc2)C(=O)C1=O. The molecular formula is C23H27N5O5. The number of amides is 2. The number of hydrogen-bond acceptors (Lipinski definition) is 6. The molecule has 0 bridgehead atoms. The number of amidine groups is 1. The van der Waals surface area contributed by atoms with E-state index in [-0.39, 0.29) is 18.8 Å². The number of carbonyl (C=O) groups is 3. The van der Waals surface area contributed by atoms with Crippen LogP contribution in [0.25, 0.3) is 0 Å². The predicted molar refractivity (Wildman–Crippen MR) is 120 cm³/mol. The van der Waals surface area contributed by atoms with Crippen LogP contribution in [-0.2, 0) is 14.4 Å². The first kappa shape index (κ1) is 23.7. The molecule has 0 saturated carbocycles. The van der Waals surface area contributed by atoms with Gasteiger partial charge >= 0.3 is 17.8 Å². The zero-order valence-corrected chi connectivity index (χ0v) is 18.4. The lowest BCUT2D eigenvalue weighted by Gasteiger charge is -2.38. The van der Waals surface area contributed by atoms with Gasteiger partial charge in [-0.3, -0.25) is 24.8 Å². The van der Waals surface area contributed by atoms with Crippen molar-refractivity contribution >= 4 is 23.6 Å². The second kappa shape index (κ2) is 10.6. The number of carboxylic acids is 1. The van der Waals surface area contributed by atoms with Crippen molar-refractivity contribution in [2.24, 2.45) is 5.73 Å². The van der Waals surface area contributed by atoms with Gasteiger partial charge in [0, 0.05) is 37.1 Å². The van der Waals surface area contributed by atoms with E-state index in [1.54, 1.807) is 49.5 Å². The zero-order valence-electron chi connectivity index (χ0n) is 18.4. The van der Waals surface area contributed by atoms with Crippen LogP contribution in [-0.4, -0.2) is 69.8 Å². The van der Waals surface area contributed by atoms with Gasteiger partial charge in [-0.15, -0.1) is 0 Å². The molecule has 1 aliphatic heterocycles. The fourth-order valence-corrected chi connectivity index (χ4v) is 3.78. The van der Waals surface area contributed by atoms with Gasteiger partial charge in [0.1, 0.15) is 11.6 Å². The number of piperazine rings is 1. The maximum absolute atomic E-state index is 12.8. The summed E-state index contributed by atoms with van der Waals surface area (Å²) in [5.74, 6) is -1.82. The van der Waals surface area contributed by atoms with Gasteiger partial charge in [-0.25, -0.2) is 0 Å². The van der Waals surface area contributed by atoms with Crippen LogP contribution in [0.1, 0.15) is 35.7 Å². The molecule has 2 heterocycles. The molecule has 0 aliphatic carbocycles. The minimum atomic E-state index is -1.06. The number of nitrogen functional groups attached to an aromatic ring is 1. The molecule has 0 spiro atoms. The number of nitrogens with zero attached hydrogens (tertiary/aromatic N) is 3. The van der Waals surface area contributed by atoms with E-state index in [0.717, 1.165) is 0 Å². The first-order valence-corrected chi connectivity index (χ1v) is 10.6. The molecule has 1 aliphatic rings. The molecule has 1 aromatic heterocycles. The Hall–Kier alpha value is -3.95. The summed E-state index contributed by atoms with van der Waals surface area (Å²) in [6.07, 6.45) is 1.82. The van der Waals surface area contributed by atoms with Crippen LogP contribution in [0.15, 0.2) is 42.6 Å². The van der Waals surface area contributed by atoms with Gasteiger partial charge in [0.2, 0.25) is 0 Å². The lowest BCUT2D eigenvalue weighted by molar-refractivity contribution is -0.159. The molecule has 4 N–H and O–H groups in total. The van der Waals surface area contributed by atoms with Gasteiger partial charge < -0.3 is 25.4 Å². The van der Waals surface area contributed by atoms with Gasteiger partial charge in [-0.2, -0.15) is 0 Å². The lowest BCUT2D eigenvalue weighted by atomic mass is 9.99. The number of pyridine rings is 1. The number of carbonyl (C=O) groups excluding carboxylic acids is 2. The van der Waals surface area contributed by atoms with Gasteiger partial charge in [-0.1, -0.05) is 6.07 Å². The average Bonchev–Trinajstić information content (AvgIpc) is 2.79. The van der Waals surface area contributed by atoms with Crippen molar-refractivity contribution in [3.8, 4) is 5.75 Å². The number of nitrogens with one attached hydrogen (secondary N) is 1. The molecule has 1 unspecified atom stereocenters. The Bertz CT molecular complexity index is 1040.